The van der Waals surface area contributed by atoms with E-state index in [0.29, 0.717) is 12.8 Å². The molecule has 1 atom stereocenters. The van der Waals surface area contributed by atoms with Gasteiger partial charge in [0.05, 0.1) is 12.3 Å². The van der Waals surface area contributed by atoms with Crippen LogP contribution in [0.3, 0.4) is 0 Å². The van der Waals surface area contributed by atoms with Crippen LogP contribution in [0.1, 0.15) is 40.5 Å². The molecule has 0 rings (SSSR count). The molecule has 0 heterocycles. The molecular weight excluding hydrogens is 224 g/mol. The lowest BCUT2D eigenvalue weighted by Crippen LogP contribution is -2.19. The number of hydrogen-bond acceptors (Lipinski definition) is 1. The predicted octanol–water partition coefficient (Wildman–Crippen LogP) is 4.16. The van der Waals surface area contributed by atoms with Crippen molar-refractivity contribution in [2.24, 2.45) is 0 Å². The molecule has 0 aromatic heterocycles. The Balaban J connectivity index is 0. The van der Waals surface area contributed by atoms with Crippen molar-refractivity contribution in [2.45, 2.75) is 58.8 Å². The van der Waals surface area contributed by atoms with Crippen LogP contribution in [0.2, 0.25) is 0 Å². The van der Waals surface area contributed by atoms with E-state index in [1.54, 1.807) is 0 Å². The lowest BCUT2D eigenvalue weighted by Gasteiger charge is -2.10. The molecule has 0 saturated heterocycles. The van der Waals surface area contributed by atoms with Crippen molar-refractivity contribution in [1.29, 1.82) is 0 Å². The molecule has 1 unspecified atom stereocenters. The molecule has 0 amide bonds. The van der Waals surface area contributed by atoms with Gasteiger partial charge in [-0.2, -0.15) is 0 Å². The van der Waals surface area contributed by atoms with Gasteiger partial charge < -0.3 is 4.74 Å². The van der Waals surface area contributed by atoms with Crippen LogP contribution in [0.4, 0.5) is 17.6 Å². The van der Waals surface area contributed by atoms with Crippen molar-refractivity contribution in [2.75, 3.05) is 13.2 Å². The molecule has 0 radical (unpaired) electrons. The fourth-order valence-corrected chi connectivity index (χ4v) is 0.718. The maximum Gasteiger partial charge on any atom is 0.268 e. The first-order chi connectivity index (χ1) is 7.15. The van der Waals surface area contributed by atoms with Crippen molar-refractivity contribution in [3.05, 3.63) is 0 Å². The lowest BCUT2D eigenvalue weighted by atomic mass is 10.2. The second kappa shape index (κ2) is 9.87. The SMILES string of the molecule is CC(C)F.CC(F)CCCOCC(C)(F)F. The van der Waals surface area contributed by atoms with Crippen LogP contribution in [0.15, 0.2) is 0 Å². The van der Waals surface area contributed by atoms with Gasteiger partial charge in [-0.25, -0.2) is 17.6 Å². The smallest absolute Gasteiger partial charge is 0.268 e. The van der Waals surface area contributed by atoms with E-state index >= 15 is 0 Å². The Morgan fingerprint density at radius 2 is 1.56 bits per heavy atom. The quantitative estimate of drug-likeness (QED) is 0.505. The van der Waals surface area contributed by atoms with Crippen LogP contribution in [0.5, 0.6) is 0 Å². The van der Waals surface area contributed by atoms with E-state index in [0.717, 1.165) is 6.92 Å². The molecular formula is C11H22F4O. The highest BCUT2D eigenvalue weighted by molar-refractivity contribution is 4.55. The summed E-state index contributed by atoms with van der Waals surface area (Å²) in [6.07, 6.45) is -0.681. The largest absolute Gasteiger partial charge is 0.375 e. The summed E-state index contributed by atoms with van der Waals surface area (Å²) in [6, 6.07) is 0. The van der Waals surface area contributed by atoms with Gasteiger partial charge in [0.2, 0.25) is 0 Å². The number of halogens is 4. The monoisotopic (exact) mass is 246 g/mol. The Kier molecular flexibility index (Phi) is 11.1. The van der Waals surface area contributed by atoms with Gasteiger partial charge in [-0.3, -0.25) is 0 Å². The third-order valence-electron chi connectivity index (χ3n) is 1.25. The molecule has 100 valence electrons. The van der Waals surface area contributed by atoms with Gasteiger partial charge in [0.15, 0.2) is 0 Å². The fourth-order valence-electron chi connectivity index (χ4n) is 0.718. The molecule has 0 bridgehead atoms. The molecule has 16 heavy (non-hydrogen) atoms. The first-order valence-electron chi connectivity index (χ1n) is 5.39. The normalized spacial score (nSPS) is 13.3. The van der Waals surface area contributed by atoms with Crippen LogP contribution < -0.4 is 0 Å². The zero-order valence-electron chi connectivity index (χ0n) is 10.4. The zero-order valence-corrected chi connectivity index (χ0v) is 10.4. The van der Waals surface area contributed by atoms with Crippen LogP contribution in [-0.2, 0) is 4.74 Å². The summed E-state index contributed by atoms with van der Waals surface area (Å²) in [6.45, 7) is 4.87. The molecule has 0 N–H and O–H groups in total. The minimum atomic E-state index is -2.78. The second-order valence-corrected chi connectivity index (χ2v) is 4.06. The van der Waals surface area contributed by atoms with Gasteiger partial charge in [-0.15, -0.1) is 0 Å². The van der Waals surface area contributed by atoms with Crippen LogP contribution in [0.25, 0.3) is 0 Å². The van der Waals surface area contributed by atoms with Gasteiger partial charge in [-0.05, 0) is 33.6 Å². The summed E-state index contributed by atoms with van der Waals surface area (Å²) in [4.78, 5) is 0. The Morgan fingerprint density at radius 3 is 1.88 bits per heavy atom. The van der Waals surface area contributed by atoms with E-state index in [1.165, 1.54) is 20.8 Å². The van der Waals surface area contributed by atoms with Crippen molar-refractivity contribution < 1.29 is 22.3 Å². The summed E-state index contributed by atoms with van der Waals surface area (Å²) in [7, 11) is 0. The average molecular weight is 246 g/mol. The van der Waals surface area contributed by atoms with E-state index in [4.69, 9.17) is 0 Å². The molecule has 0 saturated carbocycles. The Labute approximate surface area is 95.2 Å². The van der Waals surface area contributed by atoms with Gasteiger partial charge in [0.25, 0.3) is 5.92 Å². The second-order valence-electron chi connectivity index (χ2n) is 4.06. The molecule has 5 heteroatoms. The molecule has 1 nitrogen and oxygen atoms in total. The summed E-state index contributed by atoms with van der Waals surface area (Å²) < 4.78 is 52.0. The number of alkyl halides is 4. The first kappa shape index (κ1) is 18.1. The third-order valence-corrected chi connectivity index (χ3v) is 1.25. The van der Waals surface area contributed by atoms with Crippen LogP contribution in [0, 0.1) is 0 Å². The minimum Gasteiger partial charge on any atom is -0.375 e. The van der Waals surface area contributed by atoms with Gasteiger partial charge in [0.1, 0.15) is 6.61 Å². The van der Waals surface area contributed by atoms with Crippen molar-refractivity contribution in [3.8, 4) is 0 Å². The average Bonchev–Trinajstić information content (AvgIpc) is 1.99. The molecule has 0 spiro atoms. The van der Waals surface area contributed by atoms with Gasteiger partial charge in [-0.1, -0.05) is 0 Å². The summed E-state index contributed by atoms with van der Waals surface area (Å²) in [5, 5.41) is 0. The molecule has 0 aromatic rings. The highest BCUT2D eigenvalue weighted by Crippen LogP contribution is 2.11. The number of hydrogen-bond donors (Lipinski definition) is 0. The number of rotatable bonds is 6. The molecule has 0 aliphatic rings. The Hall–Kier alpha value is -0.320. The topological polar surface area (TPSA) is 9.23 Å². The predicted molar refractivity (Wildman–Crippen MR) is 57.5 cm³/mol. The molecule has 0 aromatic carbocycles. The standard InChI is InChI=1S/C8H15F3O.C3H7F/c1-7(9)4-3-5-12-6-8(2,10)11;1-3(2)4/h7H,3-6H2,1-2H3;3H,1-2H3. The van der Waals surface area contributed by atoms with Gasteiger partial charge >= 0.3 is 0 Å². The summed E-state index contributed by atoms with van der Waals surface area (Å²) >= 11 is 0. The lowest BCUT2D eigenvalue weighted by molar-refractivity contribution is -0.0632. The first-order valence-corrected chi connectivity index (χ1v) is 5.39. The van der Waals surface area contributed by atoms with Crippen molar-refractivity contribution in [1.82, 2.24) is 0 Å². The zero-order chi connectivity index (χ0) is 13.2. The van der Waals surface area contributed by atoms with E-state index in [1.807, 2.05) is 0 Å². The van der Waals surface area contributed by atoms with E-state index < -0.39 is 24.9 Å². The highest BCUT2D eigenvalue weighted by atomic mass is 19.3. The molecule has 0 aliphatic heterocycles. The highest BCUT2D eigenvalue weighted by Gasteiger charge is 2.20. The third kappa shape index (κ3) is 29.2. The fraction of sp³-hybridized carbons (Fsp3) is 1.00. The van der Waals surface area contributed by atoms with Crippen LogP contribution >= 0.6 is 0 Å². The molecule has 0 aliphatic carbocycles. The number of ether oxygens (including phenoxy) is 1. The maximum absolute atomic E-state index is 12.2. The van der Waals surface area contributed by atoms with Crippen molar-refractivity contribution >= 4 is 0 Å². The van der Waals surface area contributed by atoms with E-state index in [-0.39, 0.29) is 6.61 Å². The van der Waals surface area contributed by atoms with Gasteiger partial charge in [0, 0.05) is 13.5 Å². The molecule has 0 fully saturated rings. The Bertz CT molecular complexity index is 141. The van der Waals surface area contributed by atoms with Crippen molar-refractivity contribution in [3.63, 3.8) is 0 Å². The van der Waals surface area contributed by atoms with E-state index in [9.17, 15) is 17.6 Å². The van der Waals surface area contributed by atoms with Crippen LogP contribution in [-0.4, -0.2) is 31.5 Å². The maximum atomic E-state index is 12.2. The summed E-state index contributed by atoms with van der Waals surface area (Å²) in [5.74, 6) is -2.78. The Morgan fingerprint density at radius 1 is 1.12 bits per heavy atom. The minimum absolute atomic E-state index is 0.206. The van der Waals surface area contributed by atoms with E-state index in [2.05, 4.69) is 4.74 Å². The summed E-state index contributed by atoms with van der Waals surface area (Å²) in [5.41, 5.74) is 0.